The molecule has 2 nitrogen and oxygen atoms in total. The van der Waals surface area contributed by atoms with Crippen molar-refractivity contribution >= 4 is 0 Å². The molecule has 0 aromatic carbocycles. The Balaban J connectivity index is 3.06. The molecule has 152 valence electrons. The largest absolute Gasteiger partial charge is 0.393 e. The van der Waals surface area contributed by atoms with E-state index < -0.39 is 0 Å². The molecular weight excluding hydrogens is 306 g/mol. The molecule has 25 heavy (non-hydrogen) atoms. The van der Waals surface area contributed by atoms with Crippen molar-refractivity contribution in [2.75, 3.05) is 13.1 Å². The van der Waals surface area contributed by atoms with E-state index in [1.165, 1.54) is 116 Å². The molecule has 0 amide bonds. The van der Waals surface area contributed by atoms with Crippen LogP contribution in [0.5, 0.6) is 0 Å². The standard InChI is InChI=1S/C23H49NO/c1-3-5-7-15-19-23(25)20-16-13-11-9-8-10-12-14-18-22-24-21-17-6-4-2/h23-25H,3-22H2,1-2H3/t23-/m1/s1. The van der Waals surface area contributed by atoms with Crippen LogP contribution in [0, 0.1) is 0 Å². The Hall–Kier alpha value is -0.0800. The number of aliphatic hydroxyl groups excluding tert-OH is 1. The van der Waals surface area contributed by atoms with Crippen LogP contribution in [-0.2, 0) is 0 Å². The van der Waals surface area contributed by atoms with Crippen molar-refractivity contribution in [3.05, 3.63) is 0 Å². The molecule has 1 atom stereocenters. The Labute approximate surface area is 159 Å². The molecular formula is C23H49NO. The van der Waals surface area contributed by atoms with E-state index in [1.807, 2.05) is 0 Å². The third-order valence-electron chi connectivity index (χ3n) is 5.24. The van der Waals surface area contributed by atoms with Gasteiger partial charge in [-0.3, -0.25) is 0 Å². The van der Waals surface area contributed by atoms with Gasteiger partial charge in [0.2, 0.25) is 0 Å². The van der Waals surface area contributed by atoms with E-state index in [0.717, 1.165) is 12.8 Å². The van der Waals surface area contributed by atoms with E-state index in [0.29, 0.717) is 0 Å². The molecule has 0 aromatic heterocycles. The first kappa shape index (κ1) is 24.9. The van der Waals surface area contributed by atoms with Gasteiger partial charge in [-0.2, -0.15) is 0 Å². The lowest BCUT2D eigenvalue weighted by molar-refractivity contribution is 0.147. The maximum Gasteiger partial charge on any atom is 0.0540 e. The third kappa shape index (κ3) is 21.9. The van der Waals surface area contributed by atoms with Gasteiger partial charge < -0.3 is 10.4 Å². The Morgan fingerprint density at radius 1 is 0.520 bits per heavy atom. The highest BCUT2D eigenvalue weighted by molar-refractivity contribution is 4.57. The minimum Gasteiger partial charge on any atom is -0.393 e. The molecule has 0 aliphatic carbocycles. The van der Waals surface area contributed by atoms with Crippen molar-refractivity contribution < 1.29 is 5.11 Å². The van der Waals surface area contributed by atoms with E-state index in [-0.39, 0.29) is 6.10 Å². The summed E-state index contributed by atoms with van der Waals surface area (Å²) in [7, 11) is 0. The second-order valence-corrected chi connectivity index (χ2v) is 7.93. The van der Waals surface area contributed by atoms with Crippen LogP contribution < -0.4 is 5.32 Å². The molecule has 0 radical (unpaired) electrons. The van der Waals surface area contributed by atoms with Crippen molar-refractivity contribution in [2.45, 2.75) is 136 Å². The molecule has 0 spiro atoms. The number of unbranched alkanes of at least 4 members (excludes halogenated alkanes) is 13. The van der Waals surface area contributed by atoms with E-state index >= 15 is 0 Å². The monoisotopic (exact) mass is 355 g/mol. The van der Waals surface area contributed by atoms with Crippen molar-refractivity contribution in [1.82, 2.24) is 5.32 Å². The molecule has 0 saturated carbocycles. The van der Waals surface area contributed by atoms with Crippen LogP contribution >= 0.6 is 0 Å². The molecule has 2 N–H and O–H groups in total. The lowest BCUT2D eigenvalue weighted by atomic mass is 10.0. The molecule has 0 aliphatic heterocycles. The molecule has 0 fully saturated rings. The first-order valence-corrected chi connectivity index (χ1v) is 11.7. The summed E-state index contributed by atoms with van der Waals surface area (Å²) < 4.78 is 0. The minimum absolute atomic E-state index is 0.0348. The van der Waals surface area contributed by atoms with Gasteiger partial charge in [-0.05, 0) is 38.8 Å². The second kappa shape index (κ2) is 22.0. The maximum absolute atomic E-state index is 9.95. The summed E-state index contributed by atoms with van der Waals surface area (Å²) in [5.41, 5.74) is 0. The van der Waals surface area contributed by atoms with E-state index in [4.69, 9.17) is 0 Å². The topological polar surface area (TPSA) is 32.3 Å². The van der Waals surface area contributed by atoms with Crippen LogP contribution in [0.1, 0.15) is 129 Å². The van der Waals surface area contributed by atoms with Gasteiger partial charge in [-0.25, -0.2) is 0 Å². The fourth-order valence-corrected chi connectivity index (χ4v) is 3.44. The summed E-state index contributed by atoms with van der Waals surface area (Å²) in [6.07, 6.45) is 23.4. The zero-order chi connectivity index (χ0) is 18.4. The summed E-state index contributed by atoms with van der Waals surface area (Å²) in [6.45, 7) is 6.92. The average molecular weight is 356 g/mol. The summed E-state index contributed by atoms with van der Waals surface area (Å²) in [4.78, 5) is 0. The second-order valence-electron chi connectivity index (χ2n) is 7.93. The van der Waals surface area contributed by atoms with Gasteiger partial charge in [0.15, 0.2) is 0 Å². The lowest BCUT2D eigenvalue weighted by Gasteiger charge is -2.10. The Bertz CT molecular complexity index is 232. The Morgan fingerprint density at radius 3 is 1.40 bits per heavy atom. The van der Waals surface area contributed by atoms with Crippen LogP contribution in [-0.4, -0.2) is 24.3 Å². The molecule has 0 bridgehead atoms. The van der Waals surface area contributed by atoms with Gasteiger partial charge in [0.1, 0.15) is 0 Å². The first-order chi connectivity index (χ1) is 12.3. The number of hydrogen-bond donors (Lipinski definition) is 2. The summed E-state index contributed by atoms with van der Waals surface area (Å²) in [6, 6.07) is 0. The normalized spacial score (nSPS) is 12.6. The highest BCUT2D eigenvalue weighted by Crippen LogP contribution is 2.14. The predicted molar refractivity (Wildman–Crippen MR) is 113 cm³/mol. The van der Waals surface area contributed by atoms with Crippen LogP contribution in [0.4, 0.5) is 0 Å². The van der Waals surface area contributed by atoms with E-state index in [2.05, 4.69) is 19.2 Å². The van der Waals surface area contributed by atoms with Crippen molar-refractivity contribution in [3.63, 3.8) is 0 Å². The Morgan fingerprint density at radius 2 is 0.880 bits per heavy atom. The number of aliphatic hydroxyl groups is 1. The fraction of sp³-hybridized carbons (Fsp3) is 1.00. The maximum atomic E-state index is 9.95. The van der Waals surface area contributed by atoms with E-state index in [1.54, 1.807) is 0 Å². The van der Waals surface area contributed by atoms with Crippen LogP contribution in [0.3, 0.4) is 0 Å². The van der Waals surface area contributed by atoms with Crippen molar-refractivity contribution in [1.29, 1.82) is 0 Å². The third-order valence-corrected chi connectivity index (χ3v) is 5.24. The summed E-state index contributed by atoms with van der Waals surface area (Å²) in [5.74, 6) is 0. The smallest absolute Gasteiger partial charge is 0.0540 e. The number of hydrogen-bond acceptors (Lipinski definition) is 2. The van der Waals surface area contributed by atoms with Gasteiger partial charge in [-0.15, -0.1) is 0 Å². The predicted octanol–water partition coefficient (Wildman–Crippen LogP) is 7.00. The highest BCUT2D eigenvalue weighted by Gasteiger charge is 2.03. The van der Waals surface area contributed by atoms with Crippen LogP contribution in [0.15, 0.2) is 0 Å². The minimum atomic E-state index is -0.0348. The van der Waals surface area contributed by atoms with Crippen LogP contribution in [0.25, 0.3) is 0 Å². The van der Waals surface area contributed by atoms with Crippen LogP contribution in [0.2, 0.25) is 0 Å². The Kier molecular flexibility index (Phi) is 21.9. The number of nitrogens with one attached hydrogen (secondary N) is 1. The summed E-state index contributed by atoms with van der Waals surface area (Å²) >= 11 is 0. The van der Waals surface area contributed by atoms with Gasteiger partial charge in [-0.1, -0.05) is 104 Å². The number of rotatable bonds is 21. The highest BCUT2D eigenvalue weighted by atomic mass is 16.3. The molecule has 2 heteroatoms. The molecule has 0 aliphatic rings. The SMILES string of the molecule is CCCCCC[C@@H](O)CCCCCCCCCCCNCCCCC. The zero-order valence-electron chi connectivity index (χ0n) is 17.7. The molecule has 0 aromatic rings. The van der Waals surface area contributed by atoms with Crippen molar-refractivity contribution in [3.8, 4) is 0 Å². The molecule has 0 unspecified atom stereocenters. The molecule has 0 rings (SSSR count). The molecule has 0 heterocycles. The molecule has 0 saturated heterocycles. The first-order valence-electron chi connectivity index (χ1n) is 11.7. The van der Waals surface area contributed by atoms with Gasteiger partial charge in [0.25, 0.3) is 0 Å². The average Bonchev–Trinajstić information content (AvgIpc) is 2.62. The van der Waals surface area contributed by atoms with Crippen molar-refractivity contribution in [2.24, 2.45) is 0 Å². The van der Waals surface area contributed by atoms with E-state index in [9.17, 15) is 5.11 Å². The van der Waals surface area contributed by atoms with Gasteiger partial charge in [0, 0.05) is 0 Å². The quantitative estimate of drug-likeness (QED) is 0.217. The fourth-order valence-electron chi connectivity index (χ4n) is 3.44. The van der Waals surface area contributed by atoms with Gasteiger partial charge >= 0.3 is 0 Å². The summed E-state index contributed by atoms with van der Waals surface area (Å²) in [5, 5.41) is 13.5. The lowest BCUT2D eigenvalue weighted by Crippen LogP contribution is -2.16. The van der Waals surface area contributed by atoms with Gasteiger partial charge in [0.05, 0.1) is 6.10 Å². The zero-order valence-corrected chi connectivity index (χ0v) is 17.7.